The molecule has 2 nitrogen and oxygen atoms in total. The average molecular weight is 315 g/mol. The number of hydrogen-bond donors (Lipinski definition) is 1. The van der Waals surface area contributed by atoms with Crippen LogP contribution in [0.15, 0.2) is 45.3 Å². The van der Waals surface area contributed by atoms with E-state index >= 15 is 0 Å². The maximum absolute atomic E-state index is 5.71. The number of benzene rings is 1. The minimum Gasteiger partial charge on any atom is -0.448 e. The van der Waals surface area contributed by atoms with Crippen LogP contribution >= 0.6 is 27.5 Å². The summed E-state index contributed by atoms with van der Waals surface area (Å²) in [5, 5.41) is 3.81. The molecular formula is C13H13BrClNO. The standard InChI is InChI=1S/C13H13BrClNO/c1-9(10-2-4-11(14)5-3-10)16-8-12-6-7-13(15)17-12/h2-7,9,16H,8H2,1H3. The van der Waals surface area contributed by atoms with Crippen LogP contribution in [0.1, 0.15) is 24.3 Å². The fraction of sp³-hybridized carbons (Fsp3) is 0.231. The Kier molecular flexibility index (Phi) is 4.26. The van der Waals surface area contributed by atoms with Crippen LogP contribution in [0.3, 0.4) is 0 Å². The molecule has 2 rings (SSSR count). The van der Waals surface area contributed by atoms with E-state index < -0.39 is 0 Å². The summed E-state index contributed by atoms with van der Waals surface area (Å²) >= 11 is 9.13. The Bertz CT molecular complexity index is 480. The molecule has 2 aromatic rings. The number of hydrogen-bond acceptors (Lipinski definition) is 2. The topological polar surface area (TPSA) is 25.2 Å². The smallest absolute Gasteiger partial charge is 0.193 e. The van der Waals surface area contributed by atoms with E-state index in [0.717, 1.165) is 10.2 Å². The molecule has 1 N–H and O–H groups in total. The summed E-state index contributed by atoms with van der Waals surface area (Å²) in [6.45, 7) is 2.79. The van der Waals surface area contributed by atoms with Crippen molar-refractivity contribution in [2.45, 2.75) is 19.5 Å². The minimum absolute atomic E-state index is 0.270. The highest BCUT2D eigenvalue weighted by atomic mass is 79.9. The lowest BCUT2D eigenvalue weighted by Crippen LogP contribution is -2.17. The van der Waals surface area contributed by atoms with Gasteiger partial charge in [0.25, 0.3) is 0 Å². The van der Waals surface area contributed by atoms with Crippen molar-refractivity contribution in [3.8, 4) is 0 Å². The Morgan fingerprint density at radius 2 is 1.94 bits per heavy atom. The maximum Gasteiger partial charge on any atom is 0.193 e. The molecule has 1 atom stereocenters. The lowest BCUT2D eigenvalue weighted by Gasteiger charge is -2.13. The summed E-state index contributed by atoms with van der Waals surface area (Å²) in [6.07, 6.45) is 0. The van der Waals surface area contributed by atoms with Crippen LogP contribution in [-0.2, 0) is 6.54 Å². The van der Waals surface area contributed by atoms with Crippen molar-refractivity contribution < 1.29 is 4.42 Å². The highest BCUT2D eigenvalue weighted by molar-refractivity contribution is 9.10. The number of nitrogens with one attached hydrogen (secondary N) is 1. The van der Waals surface area contributed by atoms with Crippen LogP contribution in [0.4, 0.5) is 0 Å². The van der Waals surface area contributed by atoms with E-state index in [1.165, 1.54) is 5.56 Å². The van der Waals surface area contributed by atoms with Crippen molar-refractivity contribution in [2.75, 3.05) is 0 Å². The molecular weight excluding hydrogens is 302 g/mol. The summed E-state index contributed by atoms with van der Waals surface area (Å²) in [4.78, 5) is 0. The molecule has 0 bridgehead atoms. The predicted molar refractivity (Wildman–Crippen MR) is 73.1 cm³/mol. The summed E-state index contributed by atoms with van der Waals surface area (Å²) in [5.41, 5.74) is 1.24. The molecule has 17 heavy (non-hydrogen) atoms. The quantitative estimate of drug-likeness (QED) is 0.896. The van der Waals surface area contributed by atoms with Crippen molar-refractivity contribution in [3.63, 3.8) is 0 Å². The summed E-state index contributed by atoms with van der Waals surface area (Å²) in [5.74, 6) is 0.846. The van der Waals surface area contributed by atoms with E-state index in [0.29, 0.717) is 11.8 Å². The van der Waals surface area contributed by atoms with Crippen LogP contribution in [0.2, 0.25) is 5.22 Å². The molecule has 0 radical (unpaired) electrons. The van der Waals surface area contributed by atoms with Crippen LogP contribution in [0.5, 0.6) is 0 Å². The van der Waals surface area contributed by atoms with Gasteiger partial charge in [-0.15, -0.1) is 0 Å². The third kappa shape index (κ3) is 3.60. The molecule has 90 valence electrons. The molecule has 1 heterocycles. The van der Waals surface area contributed by atoms with Gasteiger partial charge in [0, 0.05) is 10.5 Å². The molecule has 0 spiro atoms. The Morgan fingerprint density at radius 3 is 2.53 bits per heavy atom. The Hall–Kier alpha value is -0.770. The van der Waals surface area contributed by atoms with Crippen molar-refractivity contribution in [2.24, 2.45) is 0 Å². The van der Waals surface area contributed by atoms with Crippen molar-refractivity contribution in [3.05, 3.63) is 57.4 Å². The fourth-order valence-electron chi connectivity index (χ4n) is 1.57. The number of rotatable bonds is 4. The van der Waals surface area contributed by atoms with Gasteiger partial charge in [0.05, 0.1) is 6.54 Å². The first-order valence-corrected chi connectivity index (χ1v) is 6.55. The second-order valence-electron chi connectivity index (χ2n) is 3.86. The van der Waals surface area contributed by atoms with E-state index in [1.807, 2.05) is 18.2 Å². The highest BCUT2D eigenvalue weighted by Crippen LogP contribution is 2.18. The lowest BCUT2D eigenvalue weighted by atomic mass is 10.1. The molecule has 4 heteroatoms. The lowest BCUT2D eigenvalue weighted by molar-refractivity contribution is 0.461. The van der Waals surface area contributed by atoms with Gasteiger partial charge < -0.3 is 9.73 Å². The van der Waals surface area contributed by atoms with Crippen molar-refractivity contribution in [1.29, 1.82) is 0 Å². The average Bonchev–Trinajstić information content (AvgIpc) is 2.73. The van der Waals surface area contributed by atoms with Crippen LogP contribution < -0.4 is 5.32 Å². The molecule has 1 aromatic carbocycles. The third-order valence-electron chi connectivity index (χ3n) is 2.58. The third-order valence-corrected chi connectivity index (χ3v) is 3.31. The normalized spacial score (nSPS) is 12.6. The monoisotopic (exact) mass is 313 g/mol. The Morgan fingerprint density at radius 1 is 1.24 bits per heavy atom. The van der Waals surface area contributed by atoms with Gasteiger partial charge in [0.1, 0.15) is 5.76 Å². The number of halogens is 2. The van der Waals surface area contributed by atoms with Crippen molar-refractivity contribution >= 4 is 27.5 Å². The van der Waals surface area contributed by atoms with E-state index in [-0.39, 0.29) is 6.04 Å². The Labute approximate surface area is 114 Å². The van der Waals surface area contributed by atoms with E-state index in [9.17, 15) is 0 Å². The molecule has 0 aliphatic carbocycles. The van der Waals surface area contributed by atoms with Gasteiger partial charge >= 0.3 is 0 Å². The molecule has 1 unspecified atom stereocenters. The first kappa shape index (κ1) is 12.7. The van der Waals surface area contributed by atoms with Gasteiger partial charge in [-0.05, 0) is 48.4 Å². The van der Waals surface area contributed by atoms with Gasteiger partial charge in [0.15, 0.2) is 5.22 Å². The zero-order valence-corrected chi connectivity index (χ0v) is 11.8. The maximum atomic E-state index is 5.71. The summed E-state index contributed by atoms with van der Waals surface area (Å²) in [6, 6.07) is 12.2. The van der Waals surface area contributed by atoms with Gasteiger partial charge in [-0.3, -0.25) is 0 Å². The zero-order valence-electron chi connectivity index (χ0n) is 9.41. The molecule has 0 aliphatic heterocycles. The first-order chi connectivity index (χ1) is 8.15. The van der Waals surface area contributed by atoms with Crippen LogP contribution in [-0.4, -0.2) is 0 Å². The molecule has 0 amide bonds. The second-order valence-corrected chi connectivity index (χ2v) is 5.15. The minimum atomic E-state index is 0.270. The van der Waals surface area contributed by atoms with Gasteiger partial charge in [0.2, 0.25) is 0 Å². The predicted octanol–water partition coefficient (Wildman–Crippen LogP) is 4.55. The molecule has 0 saturated heterocycles. The second kappa shape index (κ2) is 5.71. The SMILES string of the molecule is CC(NCc1ccc(Cl)o1)c1ccc(Br)cc1. The molecule has 0 fully saturated rings. The molecule has 0 saturated carbocycles. The first-order valence-electron chi connectivity index (χ1n) is 5.38. The summed E-state index contributed by atoms with van der Waals surface area (Å²) in [7, 11) is 0. The van der Waals surface area contributed by atoms with Gasteiger partial charge in [-0.1, -0.05) is 28.1 Å². The molecule has 1 aromatic heterocycles. The fourth-order valence-corrected chi connectivity index (χ4v) is 2.00. The zero-order chi connectivity index (χ0) is 12.3. The summed E-state index contributed by atoms with van der Waals surface area (Å²) < 4.78 is 6.37. The van der Waals surface area contributed by atoms with Crippen LogP contribution in [0.25, 0.3) is 0 Å². The van der Waals surface area contributed by atoms with Crippen molar-refractivity contribution in [1.82, 2.24) is 5.32 Å². The Balaban J connectivity index is 1.93. The van der Waals surface area contributed by atoms with Gasteiger partial charge in [-0.25, -0.2) is 0 Å². The highest BCUT2D eigenvalue weighted by Gasteiger charge is 2.06. The van der Waals surface area contributed by atoms with Crippen LogP contribution in [0, 0.1) is 0 Å². The number of furan rings is 1. The molecule has 0 aliphatic rings. The van der Waals surface area contributed by atoms with Gasteiger partial charge in [-0.2, -0.15) is 0 Å². The largest absolute Gasteiger partial charge is 0.448 e. The van der Waals surface area contributed by atoms with E-state index in [1.54, 1.807) is 6.07 Å². The van der Waals surface area contributed by atoms with E-state index in [2.05, 4.69) is 40.3 Å². The van der Waals surface area contributed by atoms with E-state index in [4.69, 9.17) is 16.0 Å².